The largest absolute Gasteiger partial charge is 0.357 e. The number of fused-ring (bicyclic) bond motifs is 3. The van der Waals surface area contributed by atoms with E-state index in [0.29, 0.717) is 12.1 Å². The minimum Gasteiger partial charge on any atom is -0.357 e. The molecule has 2 heteroatoms. The molecule has 1 heterocycles. The summed E-state index contributed by atoms with van der Waals surface area (Å²) in [6.45, 7) is 4.44. The molecule has 0 radical (unpaired) electrons. The zero-order chi connectivity index (χ0) is 15.8. The minimum atomic E-state index is 0.361. The first-order chi connectivity index (χ1) is 11.2. The molecule has 1 aromatic heterocycles. The number of aromatic amines is 1. The van der Waals surface area contributed by atoms with Crippen LogP contribution in [0, 0.1) is 6.92 Å². The lowest BCUT2D eigenvalue weighted by Crippen LogP contribution is -2.27. The molecule has 0 spiro atoms. The zero-order valence-electron chi connectivity index (χ0n) is 13.9. The van der Waals surface area contributed by atoms with Gasteiger partial charge in [-0.1, -0.05) is 42.0 Å². The molecule has 0 aliphatic heterocycles. The maximum atomic E-state index is 3.84. The van der Waals surface area contributed by atoms with Crippen LogP contribution in [0.3, 0.4) is 0 Å². The summed E-state index contributed by atoms with van der Waals surface area (Å²) in [5.41, 5.74) is 6.90. The third-order valence-corrected chi connectivity index (χ3v) is 5.11. The molecule has 1 aliphatic carbocycles. The van der Waals surface area contributed by atoms with Gasteiger partial charge in [-0.25, -0.2) is 0 Å². The summed E-state index contributed by atoms with van der Waals surface area (Å²) in [5, 5.41) is 5.25. The van der Waals surface area contributed by atoms with Crippen molar-refractivity contribution in [2.75, 3.05) is 0 Å². The number of rotatable bonds is 3. The van der Waals surface area contributed by atoms with Gasteiger partial charge >= 0.3 is 0 Å². The Balaban J connectivity index is 1.66. The lowest BCUT2D eigenvalue weighted by molar-refractivity contribution is 0.410. The van der Waals surface area contributed by atoms with E-state index >= 15 is 0 Å². The summed E-state index contributed by atoms with van der Waals surface area (Å²) in [6, 6.07) is 18.2. The molecule has 2 N–H and O–H groups in total. The van der Waals surface area contributed by atoms with Crippen LogP contribution in [0.4, 0.5) is 0 Å². The van der Waals surface area contributed by atoms with E-state index in [1.165, 1.54) is 52.5 Å². The standard InChI is InChI=1S/C21H24N2/c1-14-11-12-19-18(13-14)17-9-6-10-20(21(17)23-19)22-15(2)16-7-4-3-5-8-16/h3-5,7-8,11-13,15,20,22-23H,6,9-10H2,1-2H3/t15?,20-/m1/s1. The average molecular weight is 304 g/mol. The molecule has 0 saturated heterocycles. The Morgan fingerprint density at radius 1 is 1.13 bits per heavy atom. The molecule has 1 unspecified atom stereocenters. The molecule has 3 aromatic rings. The Bertz CT molecular complexity index is 816. The Morgan fingerprint density at radius 2 is 1.96 bits per heavy atom. The highest BCUT2D eigenvalue weighted by molar-refractivity contribution is 5.85. The number of nitrogens with one attached hydrogen (secondary N) is 2. The first-order valence-corrected chi connectivity index (χ1v) is 8.64. The molecule has 0 fully saturated rings. The maximum Gasteiger partial charge on any atom is 0.0480 e. The van der Waals surface area contributed by atoms with Crippen LogP contribution in [0.1, 0.15) is 54.2 Å². The average Bonchev–Trinajstić information content (AvgIpc) is 2.95. The Kier molecular flexibility index (Phi) is 3.70. The maximum absolute atomic E-state index is 3.84. The molecular formula is C21H24N2. The second-order valence-corrected chi connectivity index (χ2v) is 6.81. The van der Waals surface area contributed by atoms with Crippen molar-refractivity contribution in [3.05, 3.63) is 70.9 Å². The van der Waals surface area contributed by atoms with E-state index in [0.717, 1.165) is 0 Å². The zero-order valence-corrected chi connectivity index (χ0v) is 13.9. The predicted octanol–water partition coefficient (Wildman–Crippen LogP) is 5.20. The van der Waals surface area contributed by atoms with Crippen molar-refractivity contribution in [3.8, 4) is 0 Å². The van der Waals surface area contributed by atoms with Crippen LogP contribution < -0.4 is 5.32 Å². The van der Waals surface area contributed by atoms with Crippen LogP contribution in [-0.4, -0.2) is 4.98 Å². The second-order valence-electron chi connectivity index (χ2n) is 6.81. The summed E-state index contributed by atoms with van der Waals surface area (Å²) in [6.07, 6.45) is 3.65. The van der Waals surface area contributed by atoms with Crippen molar-refractivity contribution in [1.29, 1.82) is 0 Å². The summed E-state index contributed by atoms with van der Waals surface area (Å²) in [7, 11) is 0. The van der Waals surface area contributed by atoms with Gasteiger partial charge in [0.05, 0.1) is 0 Å². The van der Waals surface area contributed by atoms with Gasteiger partial charge in [0.1, 0.15) is 0 Å². The van der Waals surface area contributed by atoms with Crippen molar-refractivity contribution in [2.45, 2.75) is 45.2 Å². The summed E-state index contributed by atoms with van der Waals surface area (Å²) >= 11 is 0. The van der Waals surface area contributed by atoms with Gasteiger partial charge in [0.15, 0.2) is 0 Å². The van der Waals surface area contributed by atoms with Crippen molar-refractivity contribution < 1.29 is 0 Å². The Hall–Kier alpha value is -2.06. The van der Waals surface area contributed by atoms with E-state index in [4.69, 9.17) is 0 Å². The highest BCUT2D eigenvalue weighted by atomic mass is 15.0. The van der Waals surface area contributed by atoms with Crippen molar-refractivity contribution in [3.63, 3.8) is 0 Å². The van der Waals surface area contributed by atoms with Gasteiger partial charge in [-0.15, -0.1) is 0 Å². The van der Waals surface area contributed by atoms with Crippen LogP contribution in [-0.2, 0) is 6.42 Å². The fourth-order valence-corrected chi connectivity index (χ4v) is 3.88. The molecule has 0 saturated carbocycles. The fraction of sp³-hybridized carbons (Fsp3) is 0.333. The van der Waals surface area contributed by atoms with E-state index in [1.54, 1.807) is 0 Å². The van der Waals surface area contributed by atoms with Gasteiger partial charge in [-0.3, -0.25) is 0 Å². The van der Waals surface area contributed by atoms with Gasteiger partial charge in [0, 0.05) is 28.7 Å². The van der Waals surface area contributed by atoms with Gasteiger partial charge in [0.25, 0.3) is 0 Å². The number of benzene rings is 2. The quantitative estimate of drug-likeness (QED) is 0.683. The van der Waals surface area contributed by atoms with Gasteiger partial charge < -0.3 is 10.3 Å². The number of hydrogen-bond donors (Lipinski definition) is 2. The molecule has 118 valence electrons. The molecule has 23 heavy (non-hydrogen) atoms. The molecular weight excluding hydrogens is 280 g/mol. The van der Waals surface area contributed by atoms with Crippen molar-refractivity contribution >= 4 is 10.9 Å². The number of aromatic nitrogens is 1. The molecule has 2 aromatic carbocycles. The third kappa shape index (κ3) is 2.68. The van der Waals surface area contributed by atoms with Gasteiger partial charge in [0.2, 0.25) is 0 Å². The van der Waals surface area contributed by atoms with Crippen molar-refractivity contribution in [1.82, 2.24) is 10.3 Å². The van der Waals surface area contributed by atoms with E-state index in [-0.39, 0.29) is 0 Å². The molecule has 0 bridgehead atoms. The minimum absolute atomic E-state index is 0.361. The number of aryl methyl sites for hydroxylation is 2. The summed E-state index contributed by atoms with van der Waals surface area (Å²) < 4.78 is 0. The number of H-pyrrole nitrogens is 1. The van der Waals surface area contributed by atoms with Crippen LogP contribution in [0.25, 0.3) is 10.9 Å². The topological polar surface area (TPSA) is 27.8 Å². The Morgan fingerprint density at radius 3 is 2.78 bits per heavy atom. The SMILES string of the molecule is Cc1ccc2[nH]c3c(c2c1)CCC[C@H]3NC(C)c1ccccc1. The van der Waals surface area contributed by atoms with Crippen LogP contribution in [0.2, 0.25) is 0 Å². The van der Waals surface area contributed by atoms with Crippen LogP contribution >= 0.6 is 0 Å². The molecule has 4 rings (SSSR count). The molecule has 0 amide bonds. The third-order valence-electron chi connectivity index (χ3n) is 5.11. The fourth-order valence-electron chi connectivity index (χ4n) is 3.88. The lowest BCUT2D eigenvalue weighted by atomic mass is 9.90. The highest BCUT2D eigenvalue weighted by Gasteiger charge is 2.25. The molecule has 2 nitrogen and oxygen atoms in total. The van der Waals surface area contributed by atoms with Crippen LogP contribution in [0.15, 0.2) is 48.5 Å². The summed E-state index contributed by atoms with van der Waals surface area (Å²) in [5.74, 6) is 0. The van der Waals surface area contributed by atoms with E-state index < -0.39 is 0 Å². The smallest absolute Gasteiger partial charge is 0.0480 e. The molecule has 2 atom stereocenters. The second kappa shape index (κ2) is 5.86. The highest BCUT2D eigenvalue weighted by Crippen LogP contribution is 2.36. The monoisotopic (exact) mass is 304 g/mol. The first kappa shape index (κ1) is 14.5. The normalized spacial score (nSPS) is 18.8. The van der Waals surface area contributed by atoms with E-state index in [1.807, 2.05) is 0 Å². The predicted molar refractivity (Wildman–Crippen MR) is 96.7 cm³/mol. The lowest BCUT2D eigenvalue weighted by Gasteiger charge is -2.27. The van der Waals surface area contributed by atoms with E-state index in [9.17, 15) is 0 Å². The molecule has 1 aliphatic rings. The Labute approximate surface area is 137 Å². The van der Waals surface area contributed by atoms with Crippen LogP contribution in [0.5, 0.6) is 0 Å². The first-order valence-electron chi connectivity index (χ1n) is 8.64. The number of hydrogen-bond acceptors (Lipinski definition) is 1. The van der Waals surface area contributed by atoms with Crippen molar-refractivity contribution in [2.24, 2.45) is 0 Å². The van der Waals surface area contributed by atoms with E-state index in [2.05, 4.69) is 72.7 Å². The summed E-state index contributed by atoms with van der Waals surface area (Å²) in [4.78, 5) is 3.69. The van der Waals surface area contributed by atoms with Gasteiger partial charge in [-0.2, -0.15) is 0 Å². The van der Waals surface area contributed by atoms with Gasteiger partial charge in [-0.05, 0) is 56.4 Å².